The molecule has 11 heteroatoms. The third kappa shape index (κ3) is 5.12. The first kappa shape index (κ1) is 28.1. The summed E-state index contributed by atoms with van der Waals surface area (Å²) in [4.78, 5) is 67.5. The van der Waals surface area contributed by atoms with Crippen molar-refractivity contribution in [3.05, 3.63) is 88.0 Å². The van der Waals surface area contributed by atoms with Crippen LogP contribution in [0.5, 0.6) is 11.5 Å². The average Bonchev–Trinajstić information content (AvgIpc) is 3.69. The molecule has 43 heavy (non-hydrogen) atoms. The van der Waals surface area contributed by atoms with Gasteiger partial charge in [-0.2, -0.15) is 0 Å². The minimum absolute atomic E-state index is 0.143. The smallest absolute Gasteiger partial charge is 0.261 e. The lowest BCUT2D eigenvalue weighted by atomic mass is 10.0. The second kappa shape index (κ2) is 11.3. The van der Waals surface area contributed by atoms with Crippen LogP contribution in [0.1, 0.15) is 70.2 Å². The fraction of sp³-hybridized carbons (Fsp3) is 0.281. The standard InChI is InChI=1S/C32H29N3O8/c1-41-26-10-5-18(14-27(26)42-2)11-12-34-29(37)22-8-6-19(15-24(22)31(34)39)28(36)33-20-7-9-23-25(16-20)32(40)35(30(23)38)17-21-4-3-13-43-21/h5-10,14-16,21H,3-4,11-13,17H2,1-2H3,(H,33,36). The fourth-order valence-corrected chi connectivity index (χ4v) is 5.64. The summed E-state index contributed by atoms with van der Waals surface area (Å²) >= 11 is 0. The third-order valence-corrected chi connectivity index (χ3v) is 7.94. The molecule has 1 fully saturated rings. The lowest BCUT2D eigenvalue weighted by molar-refractivity contribution is 0.0474. The normalized spacial score (nSPS) is 17.4. The van der Waals surface area contributed by atoms with Gasteiger partial charge in [0.05, 0.1) is 49.1 Å². The van der Waals surface area contributed by atoms with Crippen LogP contribution in [0.15, 0.2) is 54.6 Å². The molecule has 3 aromatic rings. The molecule has 0 radical (unpaired) electrons. The van der Waals surface area contributed by atoms with Crippen molar-refractivity contribution in [2.75, 3.05) is 39.2 Å². The number of benzene rings is 3. The molecule has 1 N–H and O–H groups in total. The van der Waals surface area contributed by atoms with Crippen molar-refractivity contribution in [1.29, 1.82) is 0 Å². The molecule has 0 saturated carbocycles. The SMILES string of the molecule is COc1ccc(CCN2C(=O)c3ccc(C(=O)Nc4ccc5c(c4)C(=O)N(CC4CCCO4)C5=O)cc3C2=O)cc1OC. The van der Waals surface area contributed by atoms with Gasteiger partial charge in [-0.05, 0) is 73.4 Å². The highest BCUT2D eigenvalue weighted by molar-refractivity contribution is 6.23. The van der Waals surface area contributed by atoms with E-state index in [2.05, 4.69) is 5.32 Å². The van der Waals surface area contributed by atoms with Gasteiger partial charge >= 0.3 is 0 Å². The summed E-state index contributed by atoms with van der Waals surface area (Å²) in [7, 11) is 3.08. The van der Waals surface area contributed by atoms with Gasteiger partial charge in [-0.1, -0.05) is 6.07 Å². The summed E-state index contributed by atoms with van der Waals surface area (Å²) in [5.74, 6) is -1.13. The van der Waals surface area contributed by atoms with Crippen LogP contribution in [0.25, 0.3) is 0 Å². The van der Waals surface area contributed by atoms with E-state index < -0.39 is 23.6 Å². The molecule has 3 heterocycles. The molecule has 11 nitrogen and oxygen atoms in total. The summed E-state index contributed by atoms with van der Waals surface area (Å²) in [5.41, 5.74) is 2.20. The number of anilines is 1. The van der Waals surface area contributed by atoms with Crippen LogP contribution in [0.2, 0.25) is 0 Å². The molecule has 1 unspecified atom stereocenters. The monoisotopic (exact) mass is 583 g/mol. The van der Waals surface area contributed by atoms with Crippen LogP contribution in [-0.2, 0) is 11.2 Å². The molecule has 1 atom stereocenters. The van der Waals surface area contributed by atoms with E-state index in [0.29, 0.717) is 30.2 Å². The second-order valence-corrected chi connectivity index (χ2v) is 10.5. The molecular weight excluding hydrogens is 554 g/mol. The molecular formula is C32H29N3O8. The molecule has 1 saturated heterocycles. The van der Waals surface area contributed by atoms with Gasteiger partial charge in [-0.15, -0.1) is 0 Å². The van der Waals surface area contributed by atoms with E-state index in [-0.39, 0.29) is 52.9 Å². The van der Waals surface area contributed by atoms with Gasteiger partial charge in [-0.3, -0.25) is 33.8 Å². The number of methoxy groups -OCH3 is 2. The summed E-state index contributed by atoms with van der Waals surface area (Å²) in [6, 6.07) is 14.3. The molecule has 5 amide bonds. The van der Waals surface area contributed by atoms with Gasteiger partial charge in [0.25, 0.3) is 29.5 Å². The molecule has 3 aromatic carbocycles. The first-order chi connectivity index (χ1) is 20.8. The van der Waals surface area contributed by atoms with Gasteiger partial charge in [0, 0.05) is 24.4 Å². The minimum atomic E-state index is -0.528. The zero-order chi connectivity index (χ0) is 30.2. The highest BCUT2D eigenvalue weighted by Gasteiger charge is 2.38. The molecule has 220 valence electrons. The van der Waals surface area contributed by atoms with E-state index in [4.69, 9.17) is 14.2 Å². The van der Waals surface area contributed by atoms with Crippen LogP contribution in [0.3, 0.4) is 0 Å². The van der Waals surface area contributed by atoms with Crippen molar-refractivity contribution in [2.45, 2.75) is 25.4 Å². The lowest BCUT2D eigenvalue weighted by Gasteiger charge is -2.17. The fourth-order valence-electron chi connectivity index (χ4n) is 5.64. The number of fused-ring (bicyclic) bond motifs is 2. The number of rotatable bonds is 9. The first-order valence-corrected chi connectivity index (χ1v) is 13.9. The van der Waals surface area contributed by atoms with E-state index in [9.17, 15) is 24.0 Å². The number of carbonyl (C=O) groups excluding carboxylic acids is 5. The average molecular weight is 584 g/mol. The Hall–Kier alpha value is -5.03. The Labute approximate surface area is 247 Å². The Morgan fingerprint density at radius 1 is 0.814 bits per heavy atom. The zero-order valence-electron chi connectivity index (χ0n) is 23.7. The van der Waals surface area contributed by atoms with Crippen molar-refractivity contribution in [2.24, 2.45) is 0 Å². The maximum Gasteiger partial charge on any atom is 0.261 e. The Bertz CT molecular complexity index is 1680. The number of nitrogens with one attached hydrogen (secondary N) is 1. The Balaban J connectivity index is 1.13. The van der Waals surface area contributed by atoms with Gasteiger partial charge in [0.15, 0.2) is 11.5 Å². The number of hydrogen-bond acceptors (Lipinski definition) is 8. The van der Waals surface area contributed by atoms with Crippen molar-refractivity contribution in [3.63, 3.8) is 0 Å². The van der Waals surface area contributed by atoms with Crippen LogP contribution in [0, 0.1) is 0 Å². The second-order valence-electron chi connectivity index (χ2n) is 10.5. The topological polar surface area (TPSA) is 132 Å². The number of imide groups is 2. The quantitative estimate of drug-likeness (QED) is 0.379. The van der Waals surface area contributed by atoms with Gasteiger partial charge in [0.2, 0.25) is 0 Å². The van der Waals surface area contributed by atoms with Crippen LogP contribution >= 0.6 is 0 Å². The van der Waals surface area contributed by atoms with Crippen LogP contribution in [0.4, 0.5) is 5.69 Å². The van der Waals surface area contributed by atoms with Crippen molar-refractivity contribution in [1.82, 2.24) is 9.80 Å². The first-order valence-electron chi connectivity index (χ1n) is 13.9. The summed E-state index contributed by atoms with van der Waals surface area (Å²) in [6.45, 7) is 0.959. The van der Waals surface area contributed by atoms with Crippen molar-refractivity contribution >= 4 is 35.2 Å². The van der Waals surface area contributed by atoms with Gasteiger partial charge in [-0.25, -0.2) is 0 Å². The molecule has 3 aliphatic heterocycles. The number of nitrogens with zero attached hydrogens (tertiary/aromatic N) is 2. The van der Waals surface area contributed by atoms with E-state index >= 15 is 0 Å². The third-order valence-electron chi connectivity index (χ3n) is 7.94. The Morgan fingerprint density at radius 3 is 2.21 bits per heavy atom. The maximum atomic E-state index is 13.2. The van der Waals surface area contributed by atoms with Gasteiger partial charge in [0.1, 0.15) is 0 Å². The summed E-state index contributed by atoms with van der Waals surface area (Å²) in [6.07, 6.45) is 1.92. The number of amides is 5. The van der Waals surface area contributed by atoms with E-state index in [1.807, 2.05) is 6.07 Å². The number of ether oxygens (including phenoxy) is 3. The Kier molecular flexibility index (Phi) is 7.41. The largest absolute Gasteiger partial charge is 0.493 e. The molecule has 6 rings (SSSR count). The van der Waals surface area contributed by atoms with Crippen LogP contribution < -0.4 is 14.8 Å². The van der Waals surface area contributed by atoms with Crippen molar-refractivity contribution in [3.8, 4) is 11.5 Å². The predicted octanol–water partition coefficient (Wildman–Crippen LogP) is 3.57. The van der Waals surface area contributed by atoms with Crippen LogP contribution in [-0.4, -0.2) is 79.4 Å². The molecule has 0 spiro atoms. The molecule has 0 aromatic heterocycles. The van der Waals surface area contributed by atoms with Crippen molar-refractivity contribution < 1.29 is 38.2 Å². The highest BCUT2D eigenvalue weighted by atomic mass is 16.5. The number of hydrogen-bond donors (Lipinski definition) is 1. The highest BCUT2D eigenvalue weighted by Crippen LogP contribution is 2.30. The number of carbonyl (C=O) groups is 5. The van der Waals surface area contributed by atoms with E-state index in [1.54, 1.807) is 25.3 Å². The lowest BCUT2D eigenvalue weighted by Crippen LogP contribution is -2.36. The molecule has 0 aliphatic carbocycles. The maximum absolute atomic E-state index is 13.2. The zero-order valence-corrected chi connectivity index (χ0v) is 23.7. The Morgan fingerprint density at radius 2 is 1.49 bits per heavy atom. The molecule has 0 bridgehead atoms. The van der Waals surface area contributed by atoms with E-state index in [1.165, 1.54) is 42.3 Å². The summed E-state index contributed by atoms with van der Waals surface area (Å²) < 4.78 is 16.2. The summed E-state index contributed by atoms with van der Waals surface area (Å²) in [5, 5.41) is 2.73. The van der Waals surface area contributed by atoms with E-state index in [0.717, 1.165) is 23.3 Å². The predicted molar refractivity (Wildman–Crippen MR) is 154 cm³/mol. The van der Waals surface area contributed by atoms with Gasteiger partial charge < -0.3 is 19.5 Å². The molecule has 3 aliphatic rings. The minimum Gasteiger partial charge on any atom is -0.493 e.